The van der Waals surface area contributed by atoms with Crippen LogP contribution in [0.5, 0.6) is 0 Å². The largest absolute Gasteiger partial charge is 0.337 e. The van der Waals surface area contributed by atoms with E-state index in [1.54, 1.807) is 6.26 Å². The SMILES string of the molecule is CC(C)CC(CC(C)C)NC(=O)NCC[S@](C)=O. The fourth-order valence-electron chi connectivity index (χ4n) is 1.90. The Labute approximate surface area is 114 Å². The third-order valence-electron chi connectivity index (χ3n) is 2.52. The Balaban J connectivity index is 4.05. The first-order valence-electron chi connectivity index (χ1n) is 6.65. The van der Waals surface area contributed by atoms with E-state index in [0.29, 0.717) is 24.1 Å². The molecule has 0 aliphatic heterocycles. The van der Waals surface area contributed by atoms with Crippen LogP contribution in [0, 0.1) is 11.8 Å². The summed E-state index contributed by atoms with van der Waals surface area (Å²) < 4.78 is 10.9. The van der Waals surface area contributed by atoms with Gasteiger partial charge < -0.3 is 10.6 Å². The predicted molar refractivity (Wildman–Crippen MR) is 78.2 cm³/mol. The number of amides is 2. The summed E-state index contributed by atoms with van der Waals surface area (Å²) >= 11 is 0. The van der Waals surface area contributed by atoms with Crippen LogP contribution < -0.4 is 10.6 Å². The maximum absolute atomic E-state index is 11.7. The van der Waals surface area contributed by atoms with Gasteiger partial charge >= 0.3 is 6.03 Å². The summed E-state index contributed by atoms with van der Waals surface area (Å²) in [7, 11) is -0.855. The highest BCUT2D eigenvalue weighted by Crippen LogP contribution is 2.13. The number of hydrogen-bond donors (Lipinski definition) is 2. The van der Waals surface area contributed by atoms with Crippen LogP contribution in [0.3, 0.4) is 0 Å². The highest BCUT2D eigenvalue weighted by molar-refractivity contribution is 7.84. The average Bonchev–Trinajstić information content (AvgIpc) is 2.13. The molecule has 2 amide bonds. The first kappa shape index (κ1) is 17.4. The second-order valence-corrected chi connectivity index (χ2v) is 7.19. The lowest BCUT2D eigenvalue weighted by molar-refractivity contribution is 0.232. The van der Waals surface area contributed by atoms with E-state index < -0.39 is 10.8 Å². The van der Waals surface area contributed by atoms with E-state index in [-0.39, 0.29) is 12.1 Å². The Kier molecular flexibility index (Phi) is 9.06. The van der Waals surface area contributed by atoms with Gasteiger partial charge in [-0.1, -0.05) is 27.7 Å². The summed E-state index contributed by atoms with van der Waals surface area (Å²) in [6.45, 7) is 9.10. The lowest BCUT2D eigenvalue weighted by atomic mass is 9.96. The van der Waals surface area contributed by atoms with Crippen LogP contribution in [0.1, 0.15) is 40.5 Å². The van der Waals surface area contributed by atoms with Crippen LogP contribution in [-0.4, -0.2) is 34.8 Å². The first-order chi connectivity index (χ1) is 8.31. The zero-order valence-corrected chi connectivity index (χ0v) is 13.1. The van der Waals surface area contributed by atoms with Gasteiger partial charge in [-0.15, -0.1) is 0 Å². The molecule has 4 nitrogen and oxygen atoms in total. The molecule has 5 heteroatoms. The van der Waals surface area contributed by atoms with Crippen LogP contribution >= 0.6 is 0 Å². The van der Waals surface area contributed by atoms with Crippen molar-refractivity contribution in [1.29, 1.82) is 0 Å². The zero-order valence-electron chi connectivity index (χ0n) is 12.3. The van der Waals surface area contributed by atoms with Gasteiger partial charge in [-0.25, -0.2) is 4.79 Å². The highest BCUT2D eigenvalue weighted by Gasteiger charge is 2.15. The summed E-state index contributed by atoms with van der Waals surface area (Å²) in [6, 6.07) is 0.0730. The van der Waals surface area contributed by atoms with Gasteiger partial charge in [0.15, 0.2) is 0 Å². The smallest absolute Gasteiger partial charge is 0.315 e. The van der Waals surface area contributed by atoms with Gasteiger partial charge in [0.2, 0.25) is 0 Å². The van der Waals surface area contributed by atoms with Crippen molar-refractivity contribution in [2.75, 3.05) is 18.6 Å². The van der Waals surface area contributed by atoms with Crippen LogP contribution in [0.15, 0.2) is 0 Å². The molecule has 0 heterocycles. The molecule has 0 fully saturated rings. The van der Waals surface area contributed by atoms with Gasteiger partial charge in [-0.05, 0) is 24.7 Å². The van der Waals surface area contributed by atoms with Crippen molar-refractivity contribution in [2.24, 2.45) is 11.8 Å². The molecule has 0 radical (unpaired) electrons. The van der Waals surface area contributed by atoms with Gasteiger partial charge in [0, 0.05) is 35.4 Å². The van der Waals surface area contributed by atoms with Crippen molar-refractivity contribution in [2.45, 2.75) is 46.6 Å². The normalized spacial score (nSPS) is 13.1. The molecule has 108 valence electrons. The summed E-state index contributed by atoms with van der Waals surface area (Å²) in [5, 5.41) is 5.75. The summed E-state index contributed by atoms with van der Waals surface area (Å²) in [6.07, 6.45) is 3.62. The second kappa shape index (κ2) is 9.36. The fraction of sp³-hybridized carbons (Fsp3) is 0.923. The maximum Gasteiger partial charge on any atom is 0.315 e. The van der Waals surface area contributed by atoms with E-state index >= 15 is 0 Å². The molecule has 0 aromatic heterocycles. The highest BCUT2D eigenvalue weighted by atomic mass is 32.2. The Hall–Kier alpha value is -0.580. The number of rotatable bonds is 8. The molecule has 1 atom stereocenters. The molecule has 0 bridgehead atoms. The minimum Gasteiger partial charge on any atom is -0.337 e. The molecule has 0 unspecified atom stereocenters. The Morgan fingerprint density at radius 3 is 2.00 bits per heavy atom. The van der Waals surface area contributed by atoms with Crippen molar-refractivity contribution in [1.82, 2.24) is 10.6 Å². The third-order valence-corrected chi connectivity index (χ3v) is 3.30. The third kappa shape index (κ3) is 10.6. The molecule has 0 saturated heterocycles. The summed E-state index contributed by atoms with van der Waals surface area (Å²) in [4.78, 5) is 11.7. The predicted octanol–water partition coefficient (Wildman–Crippen LogP) is 2.12. The molecular weight excluding hydrogens is 248 g/mol. The van der Waals surface area contributed by atoms with Crippen molar-refractivity contribution in [3.05, 3.63) is 0 Å². The zero-order chi connectivity index (χ0) is 14.1. The van der Waals surface area contributed by atoms with Crippen molar-refractivity contribution in [3.8, 4) is 0 Å². The van der Waals surface area contributed by atoms with E-state index in [1.165, 1.54) is 0 Å². The Morgan fingerprint density at radius 2 is 1.61 bits per heavy atom. The molecule has 0 aromatic carbocycles. The number of urea groups is 1. The van der Waals surface area contributed by atoms with Crippen molar-refractivity contribution >= 4 is 16.8 Å². The summed E-state index contributed by atoms with van der Waals surface area (Å²) in [5.74, 6) is 1.64. The number of nitrogens with one attached hydrogen (secondary N) is 2. The van der Waals surface area contributed by atoms with E-state index in [2.05, 4.69) is 38.3 Å². The lowest BCUT2D eigenvalue weighted by Crippen LogP contribution is -2.44. The Bertz CT molecular complexity index is 258. The van der Waals surface area contributed by atoms with Crippen molar-refractivity contribution < 1.29 is 9.00 Å². The minimum atomic E-state index is -0.855. The topological polar surface area (TPSA) is 58.2 Å². The molecule has 18 heavy (non-hydrogen) atoms. The number of hydrogen-bond acceptors (Lipinski definition) is 2. The minimum absolute atomic E-state index is 0.147. The second-order valence-electron chi connectivity index (χ2n) is 5.63. The molecule has 0 spiro atoms. The summed E-state index contributed by atoms with van der Waals surface area (Å²) in [5.41, 5.74) is 0. The van der Waals surface area contributed by atoms with Gasteiger partial charge in [-0.3, -0.25) is 4.21 Å². The van der Waals surface area contributed by atoms with E-state index in [9.17, 15) is 9.00 Å². The standard InChI is InChI=1S/C13H28N2O2S/c1-10(2)8-12(9-11(3)4)15-13(16)14-6-7-18(5)17/h10-12H,6-9H2,1-5H3,(H2,14,15,16)/t18-/m0/s1. The molecular formula is C13H28N2O2S. The quantitative estimate of drug-likeness (QED) is 0.713. The van der Waals surface area contributed by atoms with Gasteiger partial charge in [0.05, 0.1) is 0 Å². The van der Waals surface area contributed by atoms with Gasteiger partial charge in [-0.2, -0.15) is 0 Å². The molecule has 2 N–H and O–H groups in total. The molecule has 0 rings (SSSR count). The van der Waals surface area contributed by atoms with E-state index in [0.717, 1.165) is 12.8 Å². The van der Waals surface area contributed by atoms with Crippen LogP contribution in [0.4, 0.5) is 4.79 Å². The average molecular weight is 276 g/mol. The van der Waals surface area contributed by atoms with Crippen LogP contribution in [-0.2, 0) is 10.8 Å². The Morgan fingerprint density at radius 1 is 1.11 bits per heavy atom. The monoisotopic (exact) mass is 276 g/mol. The maximum atomic E-state index is 11.7. The molecule has 0 aliphatic carbocycles. The van der Waals surface area contributed by atoms with Crippen LogP contribution in [0.2, 0.25) is 0 Å². The first-order valence-corrected chi connectivity index (χ1v) is 8.38. The van der Waals surface area contributed by atoms with Crippen molar-refractivity contribution in [3.63, 3.8) is 0 Å². The van der Waals surface area contributed by atoms with E-state index in [1.807, 2.05) is 0 Å². The molecule has 0 saturated carbocycles. The number of carbonyl (C=O) groups excluding carboxylic acids is 1. The molecule has 0 aliphatic rings. The van der Waals surface area contributed by atoms with E-state index in [4.69, 9.17) is 0 Å². The lowest BCUT2D eigenvalue weighted by Gasteiger charge is -2.22. The van der Waals surface area contributed by atoms with Gasteiger partial charge in [0.1, 0.15) is 0 Å². The fourth-order valence-corrected chi connectivity index (χ4v) is 2.29. The van der Waals surface area contributed by atoms with Gasteiger partial charge in [0.25, 0.3) is 0 Å². The van der Waals surface area contributed by atoms with Crippen LogP contribution in [0.25, 0.3) is 0 Å². The number of carbonyl (C=O) groups is 1. The molecule has 0 aromatic rings.